The molecule has 4 nitrogen and oxygen atoms in total. The van der Waals surface area contributed by atoms with E-state index in [1.807, 2.05) is 0 Å². The Labute approximate surface area is 145 Å². The van der Waals surface area contributed by atoms with Gasteiger partial charge in [0, 0.05) is 11.5 Å². The lowest BCUT2D eigenvalue weighted by Crippen LogP contribution is -2.31. The fraction of sp³-hybridized carbons (Fsp3) is 0.111. The van der Waals surface area contributed by atoms with Gasteiger partial charge in [-0.25, -0.2) is 9.18 Å². The van der Waals surface area contributed by atoms with Crippen molar-refractivity contribution in [3.63, 3.8) is 0 Å². The van der Waals surface area contributed by atoms with Crippen molar-refractivity contribution in [3.05, 3.63) is 76.4 Å². The molecule has 0 aliphatic rings. The first-order chi connectivity index (χ1) is 11.6. The van der Waals surface area contributed by atoms with Crippen molar-refractivity contribution in [2.24, 2.45) is 0 Å². The normalized spacial score (nSPS) is 10.8. The summed E-state index contributed by atoms with van der Waals surface area (Å²) < 4.78 is 18.7. The number of halogens is 2. The Kier molecular flexibility index (Phi) is 4.76. The monoisotopic (exact) mass is 389 g/mol. The summed E-state index contributed by atoms with van der Waals surface area (Å²) in [6.07, 6.45) is 0. The van der Waals surface area contributed by atoms with Crippen molar-refractivity contribution < 1.29 is 13.6 Å². The zero-order chi connectivity index (χ0) is 17.1. The molecule has 2 aromatic carbocycles. The molecule has 6 heteroatoms. The van der Waals surface area contributed by atoms with Crippen LogP contribution in [-0.4, -0.2) is 11.2 Å². The molecule has 0 saturated heterocycles. The van der Waals surface area contributed by atoms with Crippen molar-refractivity contribution in [1.29, 1.82) is 0 Å². The summed E-state index contributed by atoms with van der Waals surface area (Å²) in [7, 11) is 0. The van der Waals surface area contributed by atoms with Crippen LogP contribution in [0.1, 0.15) is 5.56 Å². The van der Waals surface area contributed by atoms with E-state index in [1.54, 1.807) is 36.4 Å². The highest BCUT2D eigenvalue weighted by Crippen LogP contribution is 2.27. The van der Waals surface area contributed by atoms with E-state index >= 15 is 0 Å². The molecular formula is C18H13BrFNO3. The number of rotatable bonds is 4. The highest BCUT2D eigenvalue weighted by atomic mass is 79.9. The molecule has 0 bridgehead atoms. The molecule has 0 aliphatic heterocycles. The van der Waals surface area contributed by atoms with Crippen molar-refractivity contribution in [2.75, 3.05) is 10.2 Å². The lowest BCUT2D eigenvalue weighted by atomic mass is 10.1. The van der Waals surface area contributed by atoms with Gasteiger partial charge in [-0.15, -0.1) is 0 Å². The predicted molar refractivity (Wildman–Crippen MR) is 93.9 cm³/mol. The Morgan fingerprint density at radius 2 is 1.92 bits per heavy atom. The van der Waals surface area contributed by atoms with Gasteiger partial charge in [0.2, 0.25) is 5.91 Å². The minimum Gasteiger partial charge on any atom is -0.420 e. The minimum absolute atomic E-state index is 0.0930. The fourth-order valence-electron chi connectivity index (χ4n) is 2.49. The standard InChI is InChI=1S/C18H13BrFNO3/c19-10-16(22)21(11-12-3-1-5-14(20)9-12)15-6-2-4-13-7-8-17(23)24-18(13)15/h1-9H,10-11H2. The summed E-state index contributed by atoms with van der Waals surface area (Å²) in [5.41, 5.74) is 0.946. The molecule has 0 unspecified atom stereocenters. The molecule has 0 N–H and O–H groups in total. The third kappa shape index (κ3) is 3.38. The zero-order valence-electron chi connectivity index (χ0n) is 12.5. The lowest BCUT2D eigenvalue weighted by molar-refractivity contribution is -0.116. The summed E-state index contributed by atoms with van der Waals surface area (Å²) in [6, 6.07) is 14.3. The first-order valence-corrected chi connectivity index (χ1v) is 8.34. The number of nitrogens with zero attached hydrogens (tertiary/aromatic N) is 1. The number of carbonyl (C=O) groups excluding carboxylic acids is 1. The molecular weight excluding hydrogens is 377 g/mol. The molecule has 0 aliphatic carbocycles. The summed E-state index contributed by atoms with van der Waals surface area (Å²) >= 11 is 3.16. The molecule has 1 aromatic heterocycles. The molecule has 0 radical (unpaired) electrons. The quantitative estimate of drug-likeness (QED) is 0.502. The highest BCUT2D eigenvalue weighted by molar-refractivity contribution is 9.09. The largest absolute Gasteiger partial charge is 0.420 e. The molecule has 3 aromatic rings. The maximum absolute atomic E-state index is 13.4. The van der Waals surface area contributed by atoms with Gasteiger partial charge in [-0.05, 0) is 29.8 Å². The first-order valence-electron chi connectivity index (χ1n) is 7.22. The van der Waals surface area contributed by atoms with Crippen LogP contribution in [0, 0.1) is 5.82 Å². The molecule has 0 fully saturated rings. The van der Waals surface area contributed by atoms with Crippen LogP contribution < -0.4 is 10.5 Å². The van der Waals surface area contributed by atoms with Crippen molar-refractivity contribution >= 4 is 38.5 Å². The summed E-state index contributed by atoms with van der Waals surface area (Å²) in [5, 5.41) is 0.800. The molecule has 0 saturated carbocycles. The molecule has 1 heterocycles. The second kappa shape index (κ2) is 6.97. The Morgan fingerprint density at radius 3 is 2.67 bits per heavy atom. The number of carbonyl (C=O) groups is 1. The van der Waals surface area contributed by atoms with Crippen LogP contribution >= 0.6 is 15.9 Å². The smallest absolute Gasteiger partial charge is 0.336 e. The van der Waals surface area contributed by atoms with Crippen molar-refractivity contribution in [1.82, 2.24) is 0 Å². The zero-order valence-corrected chi connectivity index (χ0v) is 14.1. The van der Waals surface area contributed by atoms with Crippen molar-refractivity contribution in [2.45, 2.75) is 6.54 Å². The van der Waals surface area contributed by atoms with Crippen LogP contribution in [0.15, 0.2) is 63.8 Å². The van der Waals surface area contributed by atoms with E-state index in [0.29, 0.717) is 22.2 Å². The number of fused-ring (bicyclic) bond motifs is 1. The van der Waals surface area contributed by atoms with Gasteiger partial charge in [-0.3, -0.25) is 4.79 Å². The van der Waals surface area contributed by atoms with Gasteiger partial charge in [0.1, 0.15) is 5.82 Å². The number of para-hydroxylation sites is 1. The maximum atomic E-state index is 13.4. The molecule has 1 amide bonds. The van der Waals surface area contributed by atoms with E-state index in [1.165, 1.54) is 23.1 Å². The van der Waals surface area contributed by atoms with Gasteiger partial charge < -0.3 is 9.32 Å². The van der Waals surface area contributed by atoms with Crippen LogP contribution in [0.2, 0.25) is 0 Å². The van der Waals surface area contributed by atoms with Gasteiger partial charge in [-0.1, -0.05) is 40.2 Å². The number of amides is 1. The molecule has 24 heavy (non-hydrogen) atoms. The number of alkyl halides is 1. The van der Waals surface area contributed by atoms with E-state index in [4.69, 9.17) is 4.42 Å². The topological polar surface area (TPSA) is 50.5 Å². The Balaban J connectivity index is 2.11. The number of hydrogen-bond acceptors (Lipinski definition) is 3. The molecule has 3 rings (SSSR count). The first kappa shape index (κ1) is 16.4. The SMILES string of the molecule is O=C(CBr)N(Cc1cccc(F)c1)c1cccc2ccc(=O)oc12. The minimum atomic E-state index is -0.494. The van der Waals surface area contributed by atoms with Gasteiger partial charge >= 0.3 is 5.63 Å². The van der Waals surface area contributed by atoms with E-state index in [0.717, 1.165) is 0 Å². The summed E-state index contributed by atoms with van der Waals surface area (Å²) in [6.45, 7) is 0.167. The lowest BCUT2D eigenvalue weighted by Gasteiger charge is -2.23. The average molecular weight is 390 g/mol. The summed E-state index contributed by atoms with van der Waals surface area (Å²) in [4.78, 5) is 25.4. The number of anilines is 1. The third-order valence-electron chi connectivity index (χ3n) is 3.56. The predicted octanol–water partition coefficient (Wildman–Crippen LogP) is 3.86. The molecule has 0 spiro atoms. The molecule has 0 atom stereocenters. The Hall–Kier alpha value is -2.47. The number of benzene rings is 2. The second-order valence-electron chi connectivity index (χ2n) is 5.19. The van der Waals surface area contributed by atoms with Crippen LogP contribution in [0.3, 0.4) is 0 Å². The maximum Gasteiger partial charge on any atom is 0.336 e. The van der Waals surface area contributed by atoms with Crippen LogP contribution in [-0.2, 0) is 11.3 Å². The van der Waals surface area contributed by atoms with Crippen molar-refractivity contribution in [3.8, 4) is 0 Å². The number of hydrogen-bond donors (Lipinski definition) is 0. The average Bonchev–Trinajstić information content (AvgIpc) is 2.58. The van der Waals surface area contributed by atoms with E-state index in [9.17, 15) is 14.0 Å². The van der Waals surface area contributed by atoms with Crippen LogP contribution in [0.5, 0.6) is 0 Å². The van der Waals surface area contributed by atoms with E-state index in [2.05, 4.69) is 15.9 Å². The summed E-state index contributed by atoms with van der Waals surface area (Å²) in [5.74, 6) is -0.596. The van der Waals surface area contributed by atoms with E-state index < -0.39 is 5.63 Å². The highest BCUT2D eigenvalue weighted by Gasteiger charge is 2.19. The second-order valence-corrected chi connectivity index (χ2v) is 5.75. The van der Waals surface area contributed by atoms with Crippen LogP contribution in [0.25, 0.3) is 11.0 Å². The van der Waals surface area contributed by atoms with Gasteiger partial charge in [0.25, 0.3) is 0 Å². The third-order valence-corrected chi connectivity index (χ3v) is 4.04. The van der Waals surface area contributed by atoms with Gasteiger partial charge in [-0.2, -0.15) is 0 Å². The molecule has 122 valence electrons. The Morgan fingerprint density at radius 1 is 1.12 bits per heavy atom. The van der Waals surface area contributed by atoms with Crippen LogP contribution in [0.4, 0.5) is 10.1 Å². The Bertz CT molecular complexity index is 954. The van der Waals surface area contributed by atoms with Gasteiger partial charge in [0.15, 0.2) is 5.58 Å². The fourth-order valence-corrected chi connectivity index (χ4v) is 2.79. The van der Waals surface area contributed by atoms with E-state index in [-0.39, 0.29) is 23.6 Å². The van der Waals surface area contributed by atoms with Gasteiger partial charge in [0.05, 0.1) is 17.6 Å².